The molecule has 0 unspecified atom stereocenters. The van der Waals surface area contributed by atoms with Gasteiger partial charge in [0.1, 0.15) is 16.9 Å². The highest BCUT2D eigenvalue weighted by Gasteiger charge is 2.38. The minimum atomic E-state index is -0.240. The van der Waals surface area contributed by atoms with E-state index in [2.05, 4.69) is 22.0 Å². The van der Waals surface area contributed by atoms with E-state index in [1.807, 2.05) is 30.7 Å². The molecule has 3 aliphatic rings. The third kappa shape index (κ3) is 5.44. The summed E-state index contributed by atoms with van der Waals surface area (Å²) in [5, 5.41) is 4.05. The predicted octanol–water partition coefficient (Wildman–Crippen LogP) is 3.02. The molecule has 4 aromatic rings. The number of nitrogens with two attached hydrogens (primary N) is 1. The van der Waals surface area contributed by atoms with Gasteiger partial charge in [-0.2, -0.15) is 0 Å². The topological polar surface area (TPSA) is 139 Å². The van der Waals surface area contributed by atoms with Crippen LogP contribution < -0.4 is 15.8 Å². The van der Waals surface area contributed by atoms with Crippen molar-refractivity contribution in [3.8, 4) is 17.3 Å². The van der Waals surface area contributed by atoms with Crippen molar-refractivity contribution in [2.75, 3.05) is 40.5 Å². The Bertz CT molecular complexity index is 1780. The predicted molar refractivity (Wildman–Crippen MR) is 169 cm³/mol. The van der Waals surface area contributed by atoms with Crippen LogP contribution >= 0.6 is 0 Å². The van der Waals surface area contributed by atoms with Gasteiger partial charge in [0.25, 0.3) is 5.91 Å². The van der Waals surface area contributed by atoms with Gasteiger partial charge in [0.05, 0.1) is 42.8 Å². The van der Waals surface area contributed by atoms with Crippen LogP contribution in [0.5, 0.6) is 5.75 Å². The van der Waals surface area contributed by atoms with Crippen molar-refractivity contribution < 1.29 is 23.8 Å². The normalized spacial score (nSPS) is 25.7. The Morgan fingerprint density at radius 3 is 2.76 bits per heavy atom. The first kappa shape index (κ1) is 29.7. The first-order valence-electron chi connectivity index (χ1n) is 15.8. The van der Waals surface area contributed by atoms with Crippen molar-refractivity contribution in [2.24, 2.45) is 24.6 Å². The SMILES string of the molecule is COc1cc(C(=O)N2CC[C@@H](OC)[C@@H](N)C2)cc2nc(-c3cc4ccc5nc4n3C[C@H]3C[C@H]3COCCC(=O)N[C@@H]5C)n(C)c12. The number of pyridine rings is 1. The number of nitrogens with one attached hydrogen (secondary N) is 1. The number of nitrogens with zero attached hydrogens (tertiary/aromatic N) is 5. The van der Waals surface area contributed by atoms with Gasteiger partial charge in [-0.25, -0.2) is 9.97 Å². The van der Waals surface area contributed by atoms with Crippen LogP contribution in [0.2, 0.25) is 0 Å². The van der Waals surface area contributed by atoms with Crippen LogP contribution in [0.15, 0.2) is 30.3 Å². The Balaban J connectivity index is 1.30. The van der Waals surface area contributed by atoms with E-state index in [1.54, 1.807) is 25.2 Å². The molecular formula is C33H41N7O5. The van der Waals surface area contributed by atoms with E-state index in [0.717, 1.165) is 46.7 Å². The summed E-state index contributed by atoms with van der Waals surface area (Å²) < 4.78 is 21.5. The van der Waals surface area contributed by atoms with Crippen molar-refractivity contribution in [2.45, 2.75) is 50.9 Å². The van der Waals surface area contributed by atoms with Crippen molar-refractivity contribution in [1.82, 2.24) is 29.3 Å². The molecule has 1 aliphatic carbocycles. The zero-order valence-corrected chi connectivity index (χ0v) is 26.3. The van der Waals surface area contributed by atoms with Gasteiger partial charge in [-0.3, -0.25) is 9.59 Å². The highest BCUT2D eigenvalue weighted by molar-refractivity contribution is 6.00. The third-order valence-electron chi connectivity index (χ3n) is 9.69. The van der Waals surface area contributed by atoms with E-state index >= 15 is 0 Å². The number of carbonyl (C=O) groups excluding carboxylic acids is 2. The maximum atomic E-state index is 13.6. The Morgan fingerprint density at radius 2 is 1.98 bits per heavy atom. The number of methoxy groups -OCH3 is 2. The van der Waals surface area contributed by atoms with E-state index in [-0.39, 0.29) is 30.0 Å². The Kier molecular flexibility index (Phi) is 7.74. The summed E-state index contributed by atoms with van der Waals surface area (Å²) in [5.74, 6) is 2.08. The molecule has 5 heterocycles. The molecule has 2 amide bonds. The van der Waals surface area contributed by atoms with Crippen LogP contribution in [-0.4, -0.2) is 88.5 Å². The molecule has 238 valence electrons. The maximum absolute atomic E-state index is 13.6. The zero-order chi connectivity index (χ0) is 31.4. The van der Waals surface area contributed by atoms with Gasteiger partial charge < -0.3 is 39.3 Å². The fraction of sp³-hybridized carbons (Fsp3) is 0.515. The van der Waals surface area contributed by atoms with Crippen molar-refractivity contribution in [3.63, 3.8) is 0 Å². The second-order valence-corrected chi connectivity index (χ2v) is 12.7. The summed E-state index contributed by atoms with van der Waals surface area (Å²) in [7, 11) is 5.24. The lowest BCUT2D eigenvalue weighted by atomic mass is 10.0. The molecule has 1 saturated heterocycles. The van der Waals surface area contributed by atoms with Crippen LogP contribution in [-0.2, 0) is 27.9 Å². The molecule has 3 N–H and O–H groups in total. The average Bonchev–Trinajstić information content (AvgIpc) is 3.56. The van der Waals surface area contributed by atoms with Gasteiger partial charge in [0, 0.05) is 63.8 Å². The lowest BCUT2D eigenvalue weighted by Crippen LogP contribution is -2.53. The van der Waals surface area contributed by atoms with E-state index in [0.29, 0.717) is 67.8 Å². The van der Waals surface area contributed by atoms with E-state index in [9.17, 15) is 9.59 Å². The third-order valence-corrected chi connectivity index (χ3v) is 9.69. The van der Waals surface area contributed by atoms with Crippen molar-refractivity contribution in [1.29, 1.82) is 0 Å². The van der Waals surface area contributed by atoms with Gasteiger partial charge in [-0.15, -0.1) is 0 Å². The fourth-order valence-corrected chi connectivity index (χ4v) is 6.95. The standard InChI is InChI=1S/C33H41N7O5/c1-18-24-6-5-19-13-26(40(31(19)36-24)15-21-11-22(21)17-45-10-8-29(41)35-18)32-37-25-12-20(14-28(44-4)30(25)38(32)2)33(42)39-9-7-27(43-3)23(34)16-39/h5-6,12-14,18,21-23,27H,7-11,15-17,34H2,1-4H3,(H,35,41)/t18-,21-,22+,23+,27-/m1/s1. The monoisotopic (exact) mass is 615 g/mol. The molecule has 12 nitrogen and oxygen atoms in total. The van der Waals surface area contributed by atoms with Crippen LogP contribution in [0, 0.1) is 11.8 Å². The molecule has 2 bridgehead atoms. The number of imidazole rings is 1. The van der Waals surface area contributed by atoms with E-state index in [1.165, 1.54) is 0 Å². The molecule has 12 heteroatoms. The highest BCUT2D eigenvalue weighted by Crippen LogP contribution is 2.42. The molecule has 1 aromatic carbocycles. The van der Waals surface area contributed by atoms with Gasteiger partial charge in [0.2, 0.25) is 5.91 Å². The lowest BCUT2D eigenvalue weighted by Gasteiger charge is -2.36. The number of aromatic nitrogens is 4. The van der Waals surface area contributed by atoms with E-state index < -0.39 is 0 Å². The molecule has 1 saturated carbocycles. The summed E-state index contributed by atoms with van der Waals surface area (Å²) in [6.45, 7) is 4.80. The fourth-order valence-electron chi connectivity index (χ4n) is 6.95. The Morgan fingerprint density at radius 1 is 1.13 bits per heavy atom. The number of hydrogen-bond acceptors (Lipinski definition) is 8. The number of piperidine rings is 1. The highest BCUT2D eigenvalue weighted by atomic mass is 16.5. The molecular weight excluding hydrogens is 574 g/mol. The maximum Gasteiger partial charge on any atom is 0.254 e. The number of hydrogen-bond donors (Lipinski definition) is 2. The van der Waals surface area contributed by atoms with Crippen LogP contribution in [0.25, 0.3) is 33.6 Å². The smallest absolute Gasteiger partial charge is 0.254 e. The summed E-state index contributed by atoms with van der Waals surface area (Å²) in [6.07, 6.45) is 2.04. The second kappa shape index (κ2) is 11.7. The minimum Gasteiger partial charge on any atom is -0.494 e. The van der Waals surface area contributed by atoms with Crippen LogP contribution in [0.3, 0.4) is 0 Å². The van der Waals surface area contributed by atoms with Gasteiger partial charge in [-0.1, -0.05) is 0 Å². The van der Waals surface area contributed by atoms with Gasteiger partial charge in [0.15, 0.2) is 5.82 Å². The number of benzene rings is 1. The van der Waals surface area contributed by atoms with Gasteiger partial charge >= 0.3 is 0 Å². The molecule has 3 aromatic heterocycles. The Hall–Kier alpha value is -4.00. The number of aryl methyl sites for hydroxylation is 1. The van der Waals surface area contributed by atoms with Gasteiger partial charge in [-0.05, 0) is 61.9 Å². The summed E-state index contributed by atoms with van der Waals surface area (Å²) in [6, 6.07) is 9.33. The largest absolute Gasteiger partial charge is 0.494 e. The first-order valence-corrected chi connectivity index (χ1v) is 15.8. The van der Waals surface area contributed by atoms with Crippen LogP contribution in [0.1, 0.15) is 48.3 Å². The molecule has 0 spiro atoms. The number of carbonyl (C=O) groups is 2. The number of rotatable bonds is 4. The number of amides is 2. The summed E-state index contributed by atoms with van der Waals surface area (Å²) >= 11 is 0. The quantitative estimate of drug-likeness (QED) is 0.357. The summed E-state index contributed by atoms with van der Waals surface area (Å²) in [5.41, 5.74) is 10.9. The lowest BCUT2D eigenvalue weighted by molar-refractivity contribution is -0.122. The molecule has 7 rings (SSSR count). The molecule has 45 heavy (non-hydrogen) atoms. The second-order valence-electron chi connectivity index (χ2n) is 12.7. The number of fused-ring (bicyclic) bond motifs is 3. The minimum absolute atomic E-state index is 0.0429. The first-order chi connectivity index (χ1) is 21.7. The van der Waals surface area contributed by atoms with Crippen molar-refractivity contribution in [3.05, 3.63) is 41.6 Å². The number of likely N-dealkylation sites (tertiary alicyclic amines) is 1. The van der Waals surface area contributed by atoms with E-state index in [4.69, 9.17) is 29.9 Å². The Labute approximate surface area is 261 Å². The molecule has 0 radical (unpaired) electrons. The number of ether oxygens (including phenoxy) is 3. The summed E-state index contributed by atoms with van der Waals surface area (Å²) in [4.78, 5) is 38.1. The molecule has 2 fully saturated rings. The molecule has 2 aliphatic heterocycles. The average molecular weight is 616 g/mol. The van der Waals surface area contributed by atoms with Crippen LogP contribution in [0.4, 0.5) is 0 Å². The zero-order valence-electron chi connectivity index (χ0n) is 26.3. The molecule has 5 atom stereocenters. The van der Waals surface area contributed by atoms with Crippen molar-refractivity contribution >= 4 is 33.9 Å².